The molecule has 0 aliphatic carbocycles. The smallest absolute Gasteiger partial charge is 0.325 e. The number of amides is 3. The van der Waals surface area contributed by atoms with Crippen LogP contribution in [-0.2, 0) is 15.8 Å². The van der Waals surface area contributed by atoms with Gasteiger partial charge in [-0.3, -0.25) is 19.3 Å². The predicted molar refractivity (Wildman–Crippen MR) is 83.1 cm³/mol. The fourth-order valence-corrected chi connectivity index (χ4v) is 2.80. The number of halogens is 3. The average Bonchev–Trinajstić information content (AvgIpc) is 2.75. The SMILES string of the molecule is CC(C)=C1SC(=O)N(CC(=O)Nc2cccc(C(F)(F)F)c2)C1=O. The van der Waals surface area contributed by atoms with Gasteiger partial charge in [-0.1, -0.05) is 11.6 Å². The minimum atomic E-state index is -4.53. The molecule has 9 heteroatoms. The van der Waals surface area contributed by atoms with Crippen LogP contribution in [0.15, 0.2) is 34.7 Å². The van der Waals surface area contributed by atoms with Crippen molar-refractivity contribution in [3.05, 3.63) is 40.3 Å². The van der Waals surface area contributed by atoms with Gasteiger partial charge in [0.25, 0.3) is 11.1 Å². The highest BCUT2D eigenvalue weighted by molar-refractivity contribution is 8.18. The molecule has 2 rings (SSSR count). The van der Waals surface area contributed by atoms with Gasteiger partial charge in [0.05, 0.1) is 10.5 Å². The number of nitrogens with one attached hydrogen (secondary N) is 1. The van der Waals surface area contributed by atoms with Crippen molar-refractivity contribution in [3.8, 4) is 0 Å². The molecular weight excluding hydrogens is 345 g/mol. The predicted octanol–water partition coefficient (Wildman–Crippen LogP) is 3.63. The number of benzene rings is 1. The summed E-state index contributed by atoms with van der Waals surface area (Å²) in [6, 6.07) is 4.10. The quantitative estimate of drug-likeness (QED) is 0.838. The van der Waals surface area contributed by atoms with E-state index >= 15 is 0 Å². The fourth-order valence-electron chi connectivity index (χ4n) is 1.96. The van der Waals surface area contributed by atoms with Gasteiger partial charge in [-0.15, -0.1) is 0 Å². The van der Waals surface area contributed by atoms with Crippen molar-refractivity contribution in [1.29, 1.82) is 0 Å². The van der Waals surface area contributed by atoms with Crippen LogP contribution < -0.4 is 5.32 Å². The van der Waals surface area contributed by atoms with Gasteiger partial charge in [0.2, 0.25) is 5.91 Å². The van der Waals surface area contributed by atoms with Gasteiger partial charge in [0.15, 0.2) is 0 Å². The van der Waals surface area contributed by atoms with E-state index in [1.54, 1.807) is 13.8 Å². The first-order valence-electron chi connectivity index (χ1n) is 6.78. The summed E-state index contributed by atoms with van der Waals surface area (Å²) in [5.74, 6) is -1.34. The third kappa shape index (κ3) is 3.97. The maximum atomic E-state index is 12.6. The van der Waals surface area contributed by atoms with E-state index in [0.29, 0.717) is 5.57 Å². The number of nitrogens with zero attached hydrogens (tertiary/aromatic N) is 1. The summed E-state index contributed by atoms with van der Waals surface area (Å²) in [5.41, 5.74) is -0.320. The largest absolute Gasteiger partial charge is 0.416 e. The molecule has 1 aromatic carbocycles. The summed E-state index contributed by atoms with van der Waals surface area (Å²) in [5, 5.41) is 1.67. The van der Waals surface area contributed by atoms with Crippen LogP contribution in [0.2, 0.25) is 0 Å². The fraction of sp³-hybridized carbons (Fsp3) is 0.267. The maximum absolute atomic E-state index is 12.6. The van der Waals surface area contributed by atoms with Gasteiger partial charge in [0.1, 0.15) is 6.54 Å². The Hall–Kier alpha value is -2.29. The number of anilines is 1. The van der Waals surface area contributed by atoms with E-state index in [-0.39, 0.29) is 10.6 Å². The zero-order chi connectivity index (χ0) is 18.1. The molecule has 3 amide bonds. The molecule has 1 heterocycles. The number of carbonyl (C=O) groups excluding carboxylic acids is 3. The topological polar surface area (TPSA) is 66.5 Å². The number of thioether (sulfide) groups is 1. The third-order valence-electron chi connectivity index (χ3n) is 3.08. The molecule has 1 aromatic rings. The Morgan fingerprint density at radius 2 is 1.92 bits per heavy atom. The molecule has 128 valence electrons. The highest BCUT2D eigenvalue weighted by Gasteiger charge is 2.37. The van der Waals surface area contributed by atoms with Gasteiger partial charge in [-0.05, 0) is 43.8 Å². The summed E-state index contributed by atoms with van der Waals surface area (Å²) < 4.78 is 37.9. The summed E-state index contributed by atoms with van der Waals surface area (Å²) in [7, 11) is 0. The molecule has 1 aliphatic rings. The van der Waals surface area contributed by atoms with Gasteiger partial charge in [-0.2, -0.15) is 13.2 Å². The number of rotatable bonds is 3. The van der Waals surface area contributed by atoms with Crippen molar-refractivity contribution in [3.63, 3.8) is 0 Å². The normalized spacial score (nSPS) is 15.0. The van der Waals surface area contributed by atoms with E-state index in [4.69, 9.17) is 0 Å². The molecule has 0 spiro atoms. The lowest BCUT2D eigenvalue weighted by atomic mass is 10.2. The van der Waals surface area contributed by atoms with Gasteiger partial charge < -0.3 is 5.32 Å². The van der Waals surface area contributed by atoms with Crippen LogP contribution in [-0.4, -0.2) is 28.5 Å². The number of imide groups is 1. The molecule has 1 fully saturated rings. The number of carbonyl (C=O) groups is 3. The van der Waals surface area contributed by atoms with Crippen LogP contribution in [0, 0.1) is 0 Å². The minimum Gasteiger partial charge on any atom is -0.325 e. The second-order valence-corrected chi connectivity index (χ2v) is 6.18. The first kappa shape index (κ1) is 18.1. The number of alkyl halides is 3. The van der Waals surface area contributed by atoms with Crippen LogP contribution in [0.5, 0.6) is 0 Å². The lowest BCUT2D eigenvalue weighted by molar-refractivity contribution is -0.137. The average molecular weight is 358 g/mol. The second kappa shape index (κ2) is 6.68. The Bertz CT molecular complexity index is 740. The van der Waals surface area contributed by atoms with Crippen molar-refractivity contribution in [2.75, 3.05) is 11.9 Å². The first-order valence-corrected chi connectivity index (χ1v) is 7.59. The van der Waals surface area contributed by atoms with Gasteiger partial charge in [0, 0.05) is 5.69 Å². The highest BCUT2D eigenvalue weighted by atomic mass is 32.2. The molecule has 0 radical (unpaired) electrons. The van der Waals surface area contributed by atoms with Crippen LogP contribution in [0.3, 0.4) is 0 Å². The number of allylic oxidation sites excluding steroid dienone is 1. The van der Waals surface area contributed by atoms with Crippen molar-refractivity contribution in [2.24, 2.45) is 0 Å². The molecule has 0 unspecified atom stereocenters. The van der Waals surface area contributed by atoms with E-state index in [9.17, 15) is 27.6 Å². The molecule has 0 atom stereocenters. The van der Waals surface area contributed by atoms with E-state index in [1.807, 2.05) is 0 Å². The number of hydrogen-bond acceptors (Lipinski definition) is 4. The lowest BCUT2D eigenvalue weighted by Crippen LogP contribution is -2.36. The van der Waals surface area contributed by atoms with E-state index in [0.717, 1.165) is 34.9 Å². The maximum Gasteiger partial charge on any atom is 0.416 e. The van der Waals surface area contributed by atoms with Crippen molar-refractivity contribution < 1.29 is 27.6 Å². The zero-order valence-electron chi connectivity index (χ0n) is 12.7. The third-order valence-corrected chi connectivity index (χ3v) is 4.26. The molecule has 1 saturated heterocycles. The summed E-state index contributed by atoms with van der Waals surface area (Å²) in [4.78, 5) is 36.8. The molecular formula is C15H13F3N2O3S. The Morgan fingerprint density at radius 3 is 2.46 bits per heavy atom. The Kier molecular flexibility index (Phi) is 5.02. The monoisotopic (exact) mass is 358 g/mol. The molecule has 24 heavy (non-hydrogen) atoms. The summed E-state index contributed by atoms with van der Waals surface area (Å²) in [6.07, 6.45) is -4.53. The Morgan fingerprint density at radius 1 is 1.25 bits per heavy atom. The van der Waals surface area contributed by atoms with Crippen LogP contribution in [0.4, 0.5) is 23.7 Å². The highest BCUT2D eigenvalue weighted by Crippen LogP contribution is 2.33. The van der Waals surface area contributed by atoms with Crippen LogP contribution in [0.1, 0.15) is 19.4 Å². The van der Waals surface area contributed by atoms with Gasteiger partial charge in [-0.25, -0.2) is 0 Å². The number of hydrogen-bond donors (Lipinski definition) is 1. The molecule has 0 aromatic heterocycles. The first-order chi connectivity index (χ1) is 11.1. The van der Waals surface area contributed by atoms with Crippen LogP contribution in [0.25, 0.3) is 0 Å². The zero-order valence-corrected chi connectivity index (χ0v) is 13.5. The van der Waals surface area contributed by atoms with E-state index in [2.05, 4.69) is 5.32 Å². The lowest BCUT2D eigenvalue weighted by Gasteiger charge is -2.13. The molecule has 1 N–H and O–H groups in total. The standard InChI is InChI=1S/C15H13F3N2O3S/c1-8(2)12-13(22)20(14(23)24-12)7-11(21)19-10-5-3-4-9(6-10)15(16,17)18/h3-6H,7H2,1-2H3,(H,19,21). The van der Waals surface area contributed by atoms with Gasteiger partial charge >= 0.3 is 6.18 Å². The van der Waals surface area contributed by atoms with Crippen LogP contribution >= 0.6 is 11.8 Å². The molecule has 1 aliphatic heterocycles. The molecule has 0 bridgehead atoms. The summed E-state index contributed by atoms with van der Waals surface area (Å²) in [6.45, 7) is 2.77. The minimum absolute atomic E-state index is 0.0657. The molecule has 0 saturated carbocycles. The Labute approximate surface area is 139 Å². The Balaban J connectivity index is 2.08. The van der Waals surface area contributed by atoms with Crippen molar-refractivity contribution in [2.45, 2.75) is 20.0 Å². The van der Waals surface area contributed by atoms with Crippen molar-refractivity contribution >= 4 is 34.5 Å². The summed E-state index contributed by atoms with van der Waals surface area (Å²) >= 11 is 0.732. The van der Waals surface area contributed by atoms with E-state index < -0.39 is 35.3 Å². The second-order valence-electron chi connectivity index (χ2n) is 5.22. The molecule has 5 nitrogen and oxygen atoms in total. The van der Waals surface area contributed by atoms with E-state index in [1.165, 1.54) is 6.07 Å². The van der Waals surface area contributed by atoms with Crippen molar-refractivity contribution in [1.82, 2.24) is 4.90 Å².